The van der Waals surface area contributed by atoms with Gasteiger partial charge in [0.2, 0.25) is 14.9 Å². The number of nitrogens with zero attached hydrogens (tertiary/aromatic N) is 1. The van der Waals surface area contributed by atoms with E-state index in [-0.39, 0.29) is 28.8 Å². The van der Waals surface area contributed by atoms with Gasteiger partial charge in [-0.05, 0) is 54.1 Å². The van der Waals surface area contributed by atoms with Crippen LogP contribution in [0.1, 0.15) is 21.9 Å². The van der Waals surface area contributed by atoms with Crippen LogP contribution in [0.5, 0.6) is 5.75 Å². The molecule has 0 atom stereocenters. The minimum Gasteiger partial charge on any atom is -0.497 e. The summed E-state index contributed by atoms with van der Waals surface area (Å²) in [6, 6.07) is 21.4. The van der Waals surface area contributed by atoms with E-state index in [1.165, 1.54) is 35.4 Å². The molecule has 0 spiro atoms. The first-order valence-corrected chi connectivity index (χ1v) is 11.3. The lowest BCUT2D eigenvalue weighted by Crippen LogP contribution is -2.29. The van der Waals surface area contributed by atoms with E-state index in [0.29, 0.717) is 11.5 Å². The van der Waals surface area contributed by atoms with Crippen molar-refractivity contribution in [1.82, 2.24) is 4.90 Å². The Bertz CT molecular complexity index is 1280. The van der Waals surface area contributed by atoms with Gasteiger partial charge >= 0.3 is 0 Å². The molecule has 0 unspecified atom stereocenters. The van der Waals surface area contributed by atoms with Crippen LogP contribution in [0.25, 0.3) is 0 Å². The standard InChI is InChI=1S/C24H21NO6S/c1-29-19-11-9-18(10-12-19)16-25(17-20-6-5-15-30-20)24(26)22-13-14-23(31-22)32(27,28)21-7-3-2-4-8-21/h2-15H,16-17H2,1H3. The molecule has 0 aliphatic carbocycles. The summed E-state index contributed by atoms with van der Waals surface area (Å²) in [4.78, 5) is 14.9. The molecular weight excluding hydrogens is 430 g/mol. The van der Waals surface area contributed by atoms with Crippen LogP contribution in [0.2, 0.25) is 0 Å². The second-order valence-corrected chi connectivity index (χ2v) is 8.90. The van der Waals surface area contributed by atoms with Crippen LogP contribution in [-0.4, -0.2) is 26.3 Å². The average molecular weight is 452 g/mol. The molecule has 2 aromatic carbocycles. The number of furan rings is 2. The maximum atomic E-state index is 13.2. The zero-order valence-electron chi connectivity index (χ0n) is 17.3. The molecule has 8 heteroatoms. The Hall–Kier alpha value is -3.78. The Balaban J connectivity index is 1.60. The van der Waals surface area contributed by atoms with Crippen molar-refractivity contribution in [3.8, 4) is 5.75 Å². The number of methoxy groups -OCH3 is 1. The van der Waals surface area contributed by atoms with E-state index in [9.17, 15) is 13.2 Å². The van der Waals surface area contributed by atoms with Crippen LogP contribution in [0.4, 0.5) is 0 Å². The van der Waals surface area contributed by atoms with Crippen molar-refractivity contribution in [2.75, 3.05) is 7.11 Å². The zero-order chi connectivity index (χ0) is 22.6. The summed E-state index contributed by atoms with van der Waals surface area (Å²) in [6.45, 7) is 0.463. The predicted octanol–water partition coefficient (Wildman–Crippen LogP) is 4.56. The second kappa shape index (κ2) is 9.15. The quantitative estimate of drug-likeness (QED) is 0.390. The molecule has 0 aliphatic rings. The second-order valence-electron chi connectivity index (χ2n) is 7.02. The topological polar surface area (TPSA) is 90.0 Å². The molecular formula is C24H21NO6S. The highest BCUT2D eigenvalue weighted by atomic mass is 32.2. The number of carbonyl (C=O) groups excluding carboxylic acids is 1. The van der Waals surface area contributed by atoms with Gasteiger partial charge in [-0.1, -0.05) is 30.3 Å². The SMILES string of the molecule is COc1ccc(CN(Cc2ccco2)C(=O)c2ccc(S(=O)(=O)c3ccccc3)o2)cc1. The minimum absolute atomic E-state index is 0.0698. The van der Waals surface area contributed by atoms with Crippen LogP contribution in [0, 0.1) is 0 Å². The zero-order valence-corrected chi connectivity index (χ0v) is 18.1. The van der Waals surface area contributed by atoms with E-state index in [1.54, 1.807) is 37.4 Å². The summed E-state index contributed by atoms with van der Waals surface area (Å²) >= 11 is 0. The average Bonchev–Trinajstić information content (AvgIpc) is 3.52. The minimum atomic E-state index is -3.86. The van der Waals surface area contributed by atoms with Crippen molar-refractivity contribution in [1.29, 1.82) is 0 Å². The summed E-state index contributed by atoms with van der Waals surface area (Å²) in [7, 11) is -2.28. The number of hydrogen-bond donors (Lipinski definition) is 0. The van der Waals surface area contributed by atoms with Gasteiger partial charge in [0.05, 0.1) is 24.8 Å². The van der Waals surface area contributed by atoms with E-state index in [4.69, 9.17) is 13.6 Å². The third-order valence-corrected chi connectivity index (χ3v) is 6.50. The molecule has 0 bridgehead atoms. The summed E-state index contributed by atoms with van der Waals surface area (Å²) in [5.74, 6) is 0.779. The number of amides is 1. The summed E-state index contributed by atoms with van der Waals surface area (Å²) in [5, 5.41) is -0.283. The third-order valence-electron chi connectivity index (χ3n) is 4.86. The fraction of sp³-hybridized carbons (Fsp3) is 0.125. The van der Waals surface area contributed by atoms with E-state index >= 15 is 0 Å². The molecule has 2 aromatic heterocycles. The predicted molar refractivity (Wildman–Crippen MR) is 116 cm³/mol. The largest absolute Gasteiger partial charge is 0.497 e. The molecule has 4 rings (SSSR count). The molecule has 32 heavy (non-hydrogen) atoms. The van der Waals surface area contributed by atoms with E-state index < -0.39 is 15.7 Å². The van der Waals surface area contributed by atoms with Crippen molar-refractivity contribution in [2.45, 2.75) is 23.1 Å². The molecule has 0 saturated heterocycles. The lowest BCUT2D eigenvalue weighted by molar-refractivity contribution is 0.0679. The Morgan fingerprint density at radius 1 is 0.906 bits per heavy atom. The van der Waals surface area contributed by atoms with Gasteiger partial charge < -0.3 is 18.5 Å². The van der Waals surface area contributed by atoms with Crippen LogP contribution < -0.4 is 4.74 Å². The third kappa shape index (κ3) is 4.60. The fourth-order valence-electron chi connectivity index (χ4n) is 3.19. The Labute approximate surface area is 185 Å². The molecule has 1 amide bonds. The molecule has 0 N–H and O–H groups in total. The monoisotopic (exact) mass is 451 g/mol. The maximum absolute atomic E-state index is 13.2. The van der Waals surface area contributed by atoms with Gasteiger partial charge in [-0.15, -0.1) is 0 Å². The molecule has 7 nitrogen and oxygen atoms in total. The van der Waals surface area contributed by atoms with Gasteiger partial charge in [-0.3, -0.25) is 4.79 Å². The van der Waals surface area contributed by atoms with Crippen molar-refractivity contribution in [3.63, 3.8) is 0 Å². The first-order valence-electron chi connectivity index (χ1n) is 9.82. The first kappa shape index (κ1) is 21.5. The normalized spacial score (nSPS) is 11.3. The van der Waals surface area contributed by atoms with Gasteiger partial charge in [-0.25, -0.2) is 8.42 Å². The van der Waals surface area contributed by atoms with Crippen LogP contribution in [0.3, 0.4) is 0 Å². The Morgan fingerprint density at radius 2 is 1.66 bits per heavy atom. The highest BCUT2D eigenvalue weighted by molar-refractivity contribution is 7.91. The van der Waals surface area contributed by atoms with Gasteiger partial charge in [0.1, 0.15) is 11.5 Å². The molecule has 0 aliphatic heterocycles. The maximum Gasteiger partial charge on any atom is 0.290 e. The Morgan fingerprint density at radius 3 is 2.31 bits per heavy atom. The molecule has 2 heterocycles. The van der Waals surface area contributed by atoms with Crippen LogP contribution in [0.15, 0.2) is 104 Å². The molecule has 164 valence electrons. The van der Waals surface area contributed by atoms with Crippen molar-refractivity contribution >= 4 is 15.7 Å². The van der Waals surface area contributed by atoms with E-state index in [0.717, 1.165) is 5.56 Å². The summed E-state index contributed by atoms with van der Waals surface area (Å²) in [6.07, 6.45) is 1.53. The number of benzene rings is 2. The molecule has 0 radical (unpaired) electrons. The summed E-state index contributed by atoms with van der Waals surface area (Å²) in [5.41, 5.74) is 0.870. The highest BCUT2D eigenvalue weighted by Gasteiger charge is 2.26. The molecule has 0 fully saturated rings. The van der Waals surface area contributed by atoms with Crippen molar-refractivity contribution < 1.29 is 26.8 Å². The van der Waals surface area contributed by atoms with E-state index in [1.807, 2.05) is 24.3 Å². The van der Waals surface area contributed by atoms with E-state index in [2.05, 4.69) is 0 Å². The van der Waals surface area contributed by atoms with Gasteiger partial charge in [0.15, 0.2) is 5.76 Å². The van der Waals surface area contributed by atoms with Crippen molar-refractivity contribution in [3.05, 3.63) is 102 Å². The smallest absolute Gasteiger partial charge is 0.290 e. The number of hydrogen-bond acceptors (Lipinski definition) is 6. The number of rotatable bonds is 8. The van der Waals surface area contributed by atoms with Gasteiger partial charge in [0.25, 0.3) is 5.91 Å². The summed E-state index contributed by atoms with van der Waals surface area (Å²) < 4.78 is 41.7. The van der Waals surface area contributed by atoms with Gasteiger partial charge in [0, 0.05) is 6.54 Å². The van der Waals surface area contributed by atoms with Crippen LogP contribution in [-0.2, 0) is 22.9 Å². The molecule has 0 saturated carbocycles. The lowest BCUT2D eigenvalue weighted by atomic mass is 10.2. The number of carbonyl (C=O) groups is 1. The Kier molecular flexibility index (Phi) is 6.13. The number of sulfone groups is 1. The fourth-order valence-corrected chi connectivity index (χ4v) is 4.39. The number of ether oxygens (including phenoxy) is 1. The highest BCUT2D eigenvalue weighted by Crippen LogP contribution is 2.24. The lowest BCUT2D eigenvalue weighted by Gasteiger charge is -2.21. The molecule has 4 aromatic rings. The van der Waals surface area contributed by atoms with Crippen LogP contribution >= 0.6 is 0 Å². The first-order chi connectivity index (χ1) is 15.5. The van der Waals surface area contributed by atoms with Crippen molar-refractivity contribution in [2.24, 2.45) is 0 Å². The van der Waals surface area contributed by atoms with Gasteiger partial charge in [-0.2, -0.15) is 0 Å².